The summed E-state index contributed by atoms with van der Waals surface area (Å²) in [6.07, 6.45) is 0. The first-order valence-electron chi connectivity index (χ1n) is 6.59. The molecule has 4 atom stereocenters. The fourth-order valence-electron chi connectivity index (χ4n) is 4.26. The topological polar surface area (TPSA) is 17.1 Å². The number of Topliss-reactive ketones (excluding diaryl/α,β-unsaturated/α-hetero) is 1. The molecule has 2 aromatic carbocycles. The van der Waals surface area contributed by atoms with E-state index in [2.05, 4.69) is 48.5 Å². The van der Waals surface area contributed by atoms with E-state index in [1.165, 1.54) is 22.3 Å². The summed E-state index contributed by atoms with van der Waals surface area (Å²) in [6.45, 7) is 0. The van der Waals surface area contributed by atoms with Crippen molar-refractivity contribution in [3.05, 3.63) is 70.8 Å². The van der Waals surface area contributed by atoms with Gasteiger partial charge in [0.25, 0.3) is 0 Å². The third-order valence-corrected chi connectivity index (χ3v) is 4.97. The highest BCUT2D eigenvalue weighted by Crippen LogP contribution is 2.70. The third kappa shape index (κ3) is 0.828. The maximum Gasteiger partial charge on any atom is 0.149 e. The molecule has 0 radical (unpaired) electrons. The van der Waals surface area contributed by atoms with E-state index >= 15 is 0 Å². The van der Waals surface area contributed by atoms with Crippen molar-refractivity contribution in [2.24, 2.45) is 5.92 Å². The van der Waals surface area contributed by atoms with E-state index in [-0.39, 0.29) is 11.8 Å². The van der Waals surface area contributed by atoms with Gasteiger partial charge in [-0.1, -0.05) is 48.5 Å². The highest BCUT2D eigenvalue weighted by molar-refractivity contribution is 6.00. The van der Waals surface area contributed by atoms with Crippen LogP contribution in [0.4, 0.5) is 0 Å². The molecular formula is C17H12O. The predicted molar refractivity (Wildman–Crippen MR) is 68.7 cm³/mol. The van der Waals surface area contributed by atoms with Crippen LogP contribution in [-0.2, 0) is 4.79 Å². The first-order chi connectivity index (χ1) is 8.88. The van der Waals surface area contributed by atoms with E-state index < -0.39 is 0 Å². The van der Waals surface area contributed by atoms with Crippen molar-refractivity contribution in [3.8, 4) is 0 Å². The lowest BCUT2D eigenvalue weighted by Gasteiger charge is -2.26. The lowest BCUT2D eigenvalue weighted by Crippen LogP contribution is -2.24. The quantitative estimate of drug-likeness (QED) is 0.681. The first kappa shape index (κ1) is 9.09. The van der Waals surface area contributed by atoms with Gasteiger partial charge in [-0.3, -0.25) is 4.79 Å². The zero-order valence-corrected chi connectivity index (χ0v) is 9.84. The number of fused-ring (bicyclic) bond motifs is 8. The molecule has 1 heteroatoms. The molecule has 0 saturated heterocycles. The lowest BCUT2D eigenvalue weighted by atomic mass is 9.75. The minimum atomic E-state index is 0.0115. The molecule has 0 N–H and O–H groups in total. The molecular weight excluding hydrogens is 220 g/mol. The van der Waals surface area contributed by atoms with E-state index in [9.17, 15) is 4.79 Å². The van der Waals surface area contributed by atoms with Crippen LogP contribution in [0.5, 0.6) is 0 Å². The van der Waals surface area contributed by atoms with Crippen LogP contribution < -0.4 is 0 Å². The highest BCUT2D eigenvalue weighted by Gasteiger charge is 2.64. The van der Waals surface area contributed by atoms with Crippen LogP contribution in [0.2, 0.25) is 0 Å². The number of benzene rings is 2. The van der Waals surface area contributed by atoms with Crippen molar-refractivity contribution in [2.75, 3.05) is 0 Å². The normalized spacial score (nSPS) is 33.7. The van der Waals surface area contributed by atoms with Crippen LogP contribution in [0.3, 0.4) is 0 Å². The van der Waals surface area contributed by atoms with Crippen LogP contribution in [0.25, 0.3) is 0 Å². The summed E-state index contributed by atoms with van der Waals surface area (Å²) < 4.78 is 0. The SMILES string of the molecule is O=C1C2c3ccccc3[C@@H]3C1[C@@H]3c1ccccc12. The van der Waals surface area contributed by atoms with Gasteiger partial charge in [0.15, 0.2) is 0 Å². The molecule has 5 rings (SSSR count). The lowest BCUT2D eigenvalue weighted by molar-refractivity contribution is -0.121. The molecule has 1 nitrogen and oxygen atoms in total. The fraction of sp³-hybridized carbons (Fsp3) is 0.235. The van der Waals surface area contributed by atoms with Gasteiger partial charge in [-0.15, -0.1) is 0 Å². The third-order valence-electron chi connectivity index (χ3n) is 4.97. The average Bonchev–Trinajstić information content (AvgIpc) is 3.16. The van der Waals surface area contributed by atoms with Gasteiger partial charge in [0.2, 0.25) is 0 Å². The zero-order valence-electron chi connectivity index (χ0n) is 9.84. The van der Waals surface area contributed by atoms with Gasteiger partial charge in [-0.25, -0.2) is 0 Å². The predicted octanol–water partition coefficient (Wildman–Crippen LogP) is 3.21. The molecule has 2 unspecified atom stereocenters. The smallest absolute Gasteiger partial charge is 0.149 e. The van der Waals surface area contributed by atoms with Gasteiger partial charge < -0.3 is 0 Å². The molecule has 0 spiro atoms. The van der Waals surface area contributed by atoms with E-state index in [4.69, 9.17) is 0 Å². The van der Waals surface area contributed by atoms with Crippen molar-refractivity contribution >= 4 is 5.78 Å². The van der Waals surface area contributed by atoms with Crippen molar-refractivity contribution in [1.82, 2.24) is 0 Å². The standard InChI is InChI=1S/C17H12O/c18-17-13-9-5-1-3-7-11(9)14-15(16(14)17)12-8-4-2-6-10(12)13/h1-8,13-16H/t13?,14-,15+,16?. The number of rotatable bonds is 0. The molecule has 2 aromatic rings. The Morgan fingerprint density at radius 3 is 1.56 bits per heavy atom. The Kier molecular flexibility index (Phi) is 1.39. The van der Waals surface area contributed by atoms with E-state index in [0.717, 1.165) is 0 Å². The first-order valence-corrected chi connectivity index (χ1v) is 6.59. The zero-order chi connectivity index (χ0) is 11.9. The van der Waals surface area contributed by atoms with Crippen molar-refractivity contribution in [1.29, 1.82) is 0 Å². The summed E-state index contributed by atoms with van der Waals surface area (Å²) in [4.78, 5) is 12.6. The summed E-state index contributed by atoms with van der Waals surface area (Å²) in [5.41, 5.74) is 5.37. The Bertz CT molecular complexity index is 647. The number of hydrogen-bond acceptors (Lipinski definition) is 1. The Balaban J connectivity index is 1.91. The van der Waals surface area contributed by atoms with Crippen molar-refractivity contribution < 1.29 is 4.79 Å². The van der Waals surface area contributed by atoms with E-state index in [0.29, 0.717) is 17.6 Å². The van der Waals surface area contributed by atoms with Crippen LogP contribution in [-0.4, -0.2) is 5.78 Å². The Labute approximate surface area is 105 Å². The van der Waals surface area contributed by atoms with Gasteiger partial charge in [0.05, 0.1) is 5.92 Å². The minimum Gasteiger partial charge on any atom is -0.298 e. The Morgan fingerprint density at radius 2 is 1.06 bits per heavy atom. The summed E-state index contributed by atoms with van der Waals surface area (Å²) in [6, 6.07) is 17.1. The largest absolute Gasteiger partial charge is 0.298 e. The fourth-order valence-corrected chi connectivity index (χ4v) is 4.26. The molecule has 0 aliphatic heterocycles. The summed E-state index contributed by atoms with van der Waals surface area (Å²) in [5.74, 6) is 1.68. The van der Waals surface area contributed by atoms with Crippen LogP contribution in [0.1, 0.15) is 40.0 Å². The number of ketones is 1. The van der Waals surface area contributed by atoms with E-state index in [1.54, 1.807) is 0 Å². The molecule has 18 heavy (non-hydrogen) atoms. The average molecular weight is 232 g/mol. The molecule has 3 aliphatic carbocycles. The molecule has 86 valence electrons. The highest BCUT2D eigenvalue weighted by atomic mass is 16.1. The molecule has 1 saturated carbocycles. The van der Waals surface area contributed by atoms with Crippen molar-refractivity contribution in [2.45, 2.75) is 17.8 Å². The summed E-state index contributed by atoms with van der Waals surface area (Å²) in [5, 5.41) is 0. The van der Waals surface area contributed by atoms with Gasteiger partial charge >= 0.3 is 0 Å². The Hall–Kier alpha value is -1.89. The number of hydrogen-bond donors (Lipinski definition) is 0. The molecule has 2 bridgehead atoms. The maximum atomic E-state index is 12.6. The number of carbonyl (C=O) groups excluding carboxylic acids is 1. The second-order valence-corrected chi connectivity index (χ2v) is 5.67. The second-order valence-electron chi connectivity index (χ2n) is 5.67. The Morgan fingerprint density at radius 1 is 0.611 bits per heavy atom. The monoisotopic (exact) mass is 232 g/mol. The van der Waals surface area contributed by atoms with E-state index in [1.807, 2.05) is 0 Å². The molecule has 3 aliphatic rings. The second kappa shape index (κ2) is 2.74. The molecule has 1 fully saturated rings. The van der Waals surface area contributed by atoms with Gasteiger partial charge in [-0.2, -0.15) is 0 Å². The van der Waals surface area contributed by atoms with Gasteiger partial charge in [0.1, 0.15) is 5.78 Å². The minimum absolute atomic E-state index is 0.0115. The van der Waals surface area contributed by atoms with Gasteiger partial charge in [-0.05, 0) is 22.3 Å². The summed E-state index contributed by atoms with van der Waals surface area (Å²) >= 11 is 0. The van der Waals surface area contributed by atoms with Gasteiger partial charge in [0, 0.05) is 17.8 Å². The van der Waals surface area contributed by atoms with Crippen molar-refractivity contribution in [3.63, 3.8) is 0 Å². The van der Waals surface area contributed by atoms with Crippen LogP contribution in [0.15, 0.2) is 48.5 Å². The van der Waals surface area contributed by atoms with Crippen LogP contribution in [0, 0.1) is 5.92 Å². The molecule has 0 amide bonds. The maximum absolute atomic E-state index is 12.6. The van der Waals surface area contributed by atoms with Crippen LogP contribution >= 0.6 is 0 Å². The summed E-state index contributed by atoms with van der Waals surface area (Å²) in [7, 11) is 0. The number of carbonyl (C=O) groups is 1. The molecule has 0 aromatic heterocycles. The molecule has 0 heterocycles.